The van der Waals surface area contributed by atoms with Gasteiger partial charge in [-0.15, -0.1) is 24.0 Å². The molecule has 154 valence electrons. The van der Waals surface area contributed by atoms with Crippen LogP contribution in [0.1, 0.15) is 26.7 Å². The fourth-order valence-electron chi connectivity index (χ4n) is 3.62. The van der Waals surface area contributed by atoms with Crippen LogP contribution in [-0.2, 0) is 11.3 Å². The van der Waals surface area contributed by atoms with E-state index in [0.29, 0.717) is 0 Å². The fourth-order valence-corrected chi connectivity index (χ4v) is 3.62. The molecule has 3 rings (SSSR count). The number of halogens is 1. The van der Waals surface area contributed by atoms with Crippen molar-refractivity contribution in [3.63, 3.8) is 0 Å². The first kappa shape index (κ1) is 22.5. The van der Waals surface area contributed by atoms with E-state index in [0.717, 1.165) is 45.0 Å². The Morgan fingerprint density at radius 3 is 2.82 bits per heavy atom. The molecule has 7 heteroatoms. The standard InChI is InChI=1S/C21H31N5O.HI/c1-16(2)20(27)26-14-10-18(15-26)24-21(22-3)23-11-6-12-25-13-9-17-7-4-5-8-19(17)25;/h4-5,7-9,13,16,18H,6,10-12,14-15H2,1-3H3,(H2,22,23,24);1H. The second-order valence-electron chi connectivity index (χ2n) is 7.49. The second kappa shape index (κ2) is 10.7. The highest BCUT2D eigenvalue weighted by Crippen LogP contribution is 2.15. The number of aryl methyl sites for hydroxylation is 1. The highest BCUT2D eigenvalue weighted by atomic mass is 127. The maximum Gasteiger partial charge on any atom is 0.225 e. The largest absolute Gasteiger partial charge is 0.356 e. The number of hydrogen-bond acceptors (Lipinski definition) is 2. The summed E-state index contributed by atoms with van der Waals surface area (Å²) in [7, 11) is 1.79. The normalized spacial score (nSPS) is 17.1. The second-order valence-corrected chi connectivity index (χ2v) is 7.49. The molecule has 1 saturated heterocycles. The summed E-state index contributed by atoms with van der Waals surface area (Å²) < 4.78 is 2.29. The van der Waals surface area contributed by atoms with Gasteiger partial charge in [-0.3, -0.25) is 9.79 Å². The lowest BCUT2D eigenvalue weighted by Gasteiger charge is -2.20. The van der Waals surface area contributed by atoms with E-state index >= 15 is 0 Å². The van der Waals surface area contributed by atoms with Gasteiger partial charge in [0.05, 0.1) is 0 Å². The van der Waals surface area contributed by atoms with E-state index in [9.17, 15) is 4.79 Å². The molecule has 0 saturated carbocycles. The number of aromatic nitrogens is 1. The molecule has 1 aromatic heterocycles. The number of para-hydroxylation sites is 1. The molecule has 1 aromatic carbocycles. The van der Waals surface area contributed by atoms with Gasteiger partial charge in [0.1, 0.15) is 0 Å². The third kappa shape index (κ3) is 5.62. The summed E-state index contributed by atoms with van der Waals surface area (Å²) >= 11 is 0. The first-order valence-electron chi connectivity index (χ1n) is 9.88. The van der Waals surface area contributed by atoms with Crippen LogP contribution in [0.2, 0.25) is 0 Å². The van der Waals surface area contributed by atoms with E-state index in [1.54, 1.807) is 7.05 Å². The maximum absolute atomic E-state index is 12.1. The maximum atomic E-state index is 12.1. The van der Waals surface area contributed by atoms with Gasteiger partial charge in [-0.1, -0.05) is 32.0 Å². The predicted octanol–water partition coefficient (Wildman–Crippen LogP) is 3.07. The smallest absolute Gasteiger partial charge is 0.225 e. The summed E-state index contributed by atoms with van der Waals surface area (Å²) in [4.78, 5) is 18.4. The third-order valence-corrected chi connectivity index (χ3v) is 5.11. The summed E-state index contributed by atoms with van der Waals surface area (Å²) in [5, 5.41) is 8.13. The lowest BCUT2D eigenvalue weighted by molar-refractivity contribution is -0.133. The van der Waals surface area contributed by atoms with Gasteiger partial charge in [0.25, 0.3) is 0 Å². The monoisotopic (exact) mass is 497 g/mol. The molecule has 1 atom stereocenters. The Bertz CT molecular complexity index is 801. The molecule has 2 N–H and O–H groups in total. The van der Waals surface area contributed by atoms with Crippen molar-refractivity contribution in [3.8, 4) is 0 Å². The molecule has 0 bridgehead atoms. The highest BCUT2D eigenvalue weighted by molar-refractivity contribution is 14.0. The van der Waals surface area contributed by atoms with Crippen molar-refractivity contribution in [2.75, 3.05) is 26.7 Å². The van der Waals surface area contributed by atoms with Crippen molar-refractivity contribution in [2.45, 2.75) is 39.3 Å². The number of carbonyl (C=O) groups excluding carboxylic acids is 1. The molecule has 1 aliphatic heterocycles. The molecule has 1 amide bonds. The van der Waals surface area contributed by atoms with Crippen LogP contribution in [0.5, 0.6) is 0 Å². The number of fused-ring (bicyclic) bond motifs is 1. The van der Waals surface area contributed by atoms with Crippen molar-refractivity contribution in [3.05, 3.63) is 36.5 Å². The number of rotatable bonds is 6. The number of nitrogens with one attached hydrogen (secondary N) is 2. The van der Waals surface area contributed by atoms with Crippen molar-refractivity contribution in [1.82, 2.24) is 20.1 Å². The number of amides is 1. The molecule has 2 aromatic rings. The Kier molecular flexibility index (Phi) is 8.59. The van der Waals surface area contributed by atoms with Crippen molar-refractivity contribution in [1.29, 1.82) is 0 Å². The third-order valence-electron chi connectivity index (χ3n) is 5.11. The minimum absolute atomic E-state index is 0. The summed E-state index contributed by atoms with van der Waals surface area (Å²) in [5.41, 5.74) is 1.28. The number of aliphatic imine (C=N–C) groups is 1. The van der Waals surface area contributed by atoms with E-state index in [1.807, 2.05) is 18.7 Å². The van der Waals surface area contributed by atoms with Gasteiger partial charge in [0.15, 0.2) is 5.96 Å². The zero-order valence-electron chi connectivity index (χ0n) is 17.0. The number of benzene rings is 1. The first-order chi connectivity index (χ1) is 13.1. The van der Waals surface area contributed by atoms with Crippen molar-refractivity contribution >= 4 is 46.7 Å². The molecule has 28 heavy (non-hydrogen) atoms. The minimum atomic E-state index is 0. The molecule has 0 aliphatic carbocycles. The van der Waals surface area contributed by atoms with Gasteiger partial charge in [-0.25, -0.2) is 0 Å². The molecular weight excluding hydrogens is 465 g/mol. The van der Waals surface area contributed by atoms with Crippen LogP contribution in [0, 0.1) is 5.92 Å². The molecule has 1 fully saturated rings. The van der Waals surface area contributed by atoms with E-state index in [4.69, 9.17) is 0 Å². The van der Waals surface area contributed by atoms with Crippen molar-refractivity contribution < 1.29 is 4.79 Å². The number of hydrogen-bond donors (Lipinski definition) is 2. The lowest BCUT2D eigenvalue weighted by Crippen LogP contribution is -2.45. The number of likely N-dealkylation sites (tertiary alicyclic amines) is 1. The van der Waals surface area contributed by atoms with Crippen LogP contribution in [0.4, 0.5) is 0 Å². The van der Waals surface area contributed by atoms with Gasteiger partial charge in [-0.2, -0.15) is 0 Å². The van der Waals surface area contributed by atoms with Crippen molar-refractivity contribution in [2.24, 2.45) is 10.9 Å². The predicted molar refractivity (Wildman–Crippen MR) is 126 cm³/mol. The Balaban J connectivity index is 0.00000280. The summed E-state index contributed by atoms with van der Waals surface area (Å²) in [6.45, 7) is 7.32. The Morgan fingerprint density at radius 2 is 2.07 bits per heavy atom. The quantitative estimate of drug-likeness (QED) is 0.279. The Hall–Kier alpha value is -1.77. The van der Waals surface area contributed by atoms with Crippen LogP contribution in [0.3, 0.4) is 0 Å². The van der Waals surface area contributed by atoms with Gasteiger partial charge >= 0.3 is 0 Å². The zero-order chi connectivity index (χ0) is 19.2. The Morgan fingerprint density at radius 1 is 1.29 bits per heavy atom. The van der Waals surface area contributed by atoms with Gasteiger partial charge in [-0.05, 0) is 30.4 Å². The molecule has 1 aliphatic rings. The van der Waals surface area contributed by atoms with E-state index in [-0.39, 0.29) is 41.8 Å². The molecule has 2 heterocycles. The molecule has 1 unspecified atom stereocenters. The number of carbonyl (C=O) groups is 1. The van der Waals surface area contributed by atoms with E-state index in [1.165, 1.54) is 10.9 Å². The fraction of sp³-hybridized carbons (Fsp3) is 0.524. The van der Waals surface area contributed by atoms with Gasteiger partial charge in [0.2, 0.25) is 5.91 Å². The van der Waals surface area contributed by atoms with Crippen LogP contribution in [0.15, 0.2) is 41.5 Å². The lowest BCUT2D eigenvalue weighted by atomic mass is 10.2. The molecule has 6 nitrogen and oxygen atoms in total. The molecule has 0 spiro atoms. The van der Waals surface area contributed by atoms with Crippen LogP contribution < -0.4 is 10.6 Å². The van der Waals surface area contributed by atoms with E-state index < -0.39 is 0 Å². The average molecular weight is 497 g/mol. The molecular formula is C21H32IN5O. The SMILES string of the molecule is CN=C(NCCCn1ccc2ccccc21)NC1CCN(C(=O)C(C)C)C1.I. The van der Waals surface area contributed by atoms with Gasteiger partial charge in [0, 0.05) is 56.9 Å². The first-order valence-corrected chi connectivity index (χ1v) is 9.88. The number of guanidine groups is 1. The number of nitrogens with zero attached hydrogens (tertiary/aromatic N) is 3. The summed E-state index contributed by atoms with van der Waals surface area (Å²) in [5.74, 6) is 1.11. The molecule has 0 radical (unpaired) electrons. The van der Waals surface area contributed by atoms with E-state index in [2.05, 4.69) is 56.7 Å². The van der Waals surface area contributed by atoms with Crippen LogP contribution in [0.25, 0.3) is 10.9 Å². The van der Waals surface area contributed by atoms with Crippen LogP contribution in [-0.4, -0.2) is 54.1 Å². The van der Waals surface area contributed by atoms with Crippen LogP contribution >= 0.6 is 24.0 Å². The highest BCUT2D eigenvalue weighted by Gasteiger charge is 2.27. The zero-order valence-corrected chi connectivity index (χ0v) is 19.3. The minimum Gasteiger partial charge on any atom is -0.356 e. The topological polar surface area (TPSA) is 61.7 Å². The van der Waals surface area contributed by atoms with Gasteiger partial charge < -0.3 is 20.1 Å². The average Bonchev–Trinajstić information content (AvgIpc) is 3.30. The summed E-state index contributed by atoms with van der Waals surface area (Å²) in [6, 6.07) is 10.9. The Labute approximate surface area is 184 Å². The summed E-state index contributed by atoms with van der Waals surface area (Å²) in [6.07, 6.45) is 4.13.